The van der Waals surface area contributed by atoms with E-state index in [0.717, 1.165) is 42.9 Å². The summed E-state index contributed by atoms with van der Waals surface area (Å²) in [5.41, 5.74) is 0. The molecule has 3 atom stereocenters. The number of halogens is 1. The van der Waals surface area contributed by atoms with Crippen molar-refractivity contribution in [3.05, 3.63) is 15.7 Å². The van der Waals surface area contributed by atoms with Crippen LogP contribution in [0.25, 0.3) is 0 Å². The molecule has 0 aromatic carbocycles. The molecule has 0 spiro atoms. The van der Waals surface area contributed by atoms with E-state index in [1.54, 1.807) is 0 Å². The SMILES string of the molecule is Ic1cn(CC2CC2)c([C@@H]2[C@@H]3CN(C4COC4)C[C@@H]32)n1. The van der Waals surface area contributed by atoms with Gasteiger partial charge in [0.2, 0.25) is 0 Å². The van der Waals surface area contributed by atoms with Gasteiger partial charge in [-0.05, 0) is 53.2 Å². The van der Waals surface area contributed by atoms with Gasteiger partial charge in [-0.1, -0.05) is 0 Å². The normalized spacial score (nSPS) is 37.0. The Bertz CT molecular complexity index is 525. The molecule has 2 saturated heterocycles. The summed E-state index contributed by atoms with van der Waals surface area (Å²) in [5, 5.41) is 0. The van der Waals surface area contributed by atoms with Crippen molar-refractivity contribution < 1.29 is 4.74 Å². The Kier molecular flexibility index (Phi) is 2.75. The molecule has 0 unspecified atom stereocenters. The molecular formula is C15H20IN3O. The standard InChI is InChI=1S/C15H20IN3O/c16-13-6-19(3-9-1-2-9)15(17-13)14-11-4-18(5-12(11)14)10-7-20-8-10/h6,9-12,14H,1-5,7-8H2/t11-,12+,14-. The van der Waals surface area contributed by atoms with Gasteiger partial charge in [0.1, 0.15) is 9.53 Å². The number of ether oxygens (including phenoxy) is 1. The number of hydrogen-bond acceptors (Lipinski definition) is 3. The zero-order valence-electron chi connectivity index (χ0n) is 11.5. The second-order valence-corrected chi connectivity index (χ2v) is 8.12. The number of rotatable bonds is 4. The van der Waals surface area contributed by atoms with Crippen molar-refractivity contribution in [1.29, 1.82) is 0 Å². The zero-order valence-corrected chi connectivity index (χ0v) is 13.7. The molecule has 1 aromatic rings. The third-order valence-electron chi connectivity index (χ3n) is 5.59. The first kappa shape index (κ1) is 12.4. The molecule has 2 aliphatic heterocycles. The molecule has 4 fully saturated rings. The molecule has 0 amide bonds. The van der Waals surface area contributed by atoms with Crippen LogP contribution in [0, 0.1) is 21.5 Å². The van der Waals surface area contributed by atoms with E-state index in [2.05, 4.69) is 38.3 Å². The molecule has 0 bridgehead atoms. The summed E-state index contributed by atoms with van der Waals surface area (Å²) in [7, 11) is 0. The highest BCUT2D eigenvalue weighted by atomic mass is 127. The van der Waals surface area contributed by atoms with Crippen LogP contribution in [0.2, 0.25) is 0 Å². The molecule has 108 valence electrons. The van der Waals surface area contributed by atoms with Crippen molar-refractivity contribution in [3.8, 4) is 0 Å². The summed E-state index contributed by atoms with van der Waals surface area (Å²) in [5.74, 6) is 4.80. The fourth-order valence-electron chi connectivity index (χ4n) is 4.06. The van der Waals surface area contributed by atoms with Crippen molar-refractivity contribution in [1.82, 2.24) is 14.5 Å². The van der Waals surface area contributed by atoms with Crippen LogP contribution in [0.3, 0.4) is 0 Å². The number of fused-ring (bicyclic) bond motifs is 1. The molecular weight excluding hydrogens is 365 g/mol. The topological polar surface area (TPSA) is 30.3 Å². The van der Waals surface area contributed by atoms with Crippen LogP contribution < -0.4 is 0 Å². The van der Waals surface area contributed by atoms with E-state index in [9.17, 15) is 0 Å². The van der Waals surface area contributed by atoms with E-state index < -0.39 is 0 Å². The first-order valence-corrected chi connectivity index (χ1v) is 8.92. The maximum Gasteiger partial charge on any atom is 0.119 e. The first-order valence-electron chi connectivity index (χ1n) is 7.84. The number of piperidine rings is 1. The second-order valence-electron chi connectivity index (χ2n) is 7.02. The third kappa shape index (κ3) is 1.96. The van der Waals surface area contributed by atoms with Crippen LogP contribution in [-0.2, 0) is 11.3 Å². The van der Waals surface area contributed by atoms with Crippen LogP contribution in [-0.4, -0.2) is 46.8 Å². The molecule has 2 saturated carbocycles. The van der Waals surface area contributed by atoms with Gasteiger partial charge in [-0.3, -0.25) is 4.90 Å². The number of nitrogens with zero attached hydrogens (tertiary/aromatic N) is 3. The van der Waals surface area contributed by atoms with Crippen molar-refractivity contribution in [2.75, 3.05) is 26.3 Å². The number of aromatic nitrogens is 2. The largest absolute Gasteiger partial charge is 0.378 e. The summed E-state index contributed by atoms with van der Waals surface area (Å²) in [6.45, 7) is 5.67. The molecule has 0 N–H and O–H groups in total. The molecule has 5 rings (SSSR count). The Morgan fingerprint density at radius 3 is 2.60 bits per heavy atom. The maximum atomic E-state index is 5.32. The summed E-state index contributed by atoms with van der Waals surface area (Å²) in [6.07, 6.45) is 5.10. The van der Waals surface area contributed by atoms with Gasteiger partial charge in [0.05, 0.1) is 19.3 Å². The quantitative estimate of drug-likeness (QED) is 0.743. The van der Waals surface area contributed by atoms with E-state index in [4.69, 9.17) is 9.72 Å². The van der Waals surface area contributed by atoms with Gasteiger partial charge in [0.15, 0.2) is 0 Å². The average Bonchev–Trinajstić information content (AvgIpc) is 3.20. The van der Waals surface area contributed by atoms with Gasteiger partial charge < -0.3 is 9.30 Å². The minimum absolute atomic E-state index is 0.717. The van der Waals surface area contributed by atoms with Crippen molar-refractivity contribution in [2.24, 2.45) is 17.8 Å². The highest BCUT2D eigenvalue weighted by molar-refractivity contribution is 14.1. The number of hydrogen-bond donors (Lipinski definition) is 0. The minimum atomic E-state index is 0.717. The molecule has 5 heteroatoms. The summed E-state index contributed by atoms with van der Waals surface area (Å²) < 4.78 is 8.97. The lowest BCUT2D eigenvalue weighted by atomic mass is 10.1. The highest BCUT2D eigenvalue weighted by Gasteiger charge is 2.59. The predicted octanol–water partition coefficient (Wildman–Crippen LogP) is 1.94. The lowest BCUT2D eigenvalue weighted by Gasteiger charge is -2.35. The monoisotopic (exact) mass is 385 g/mol. The number of imidazole rings is 1. The molecule has 0 radical (unpaired) electrons. The van der Waals surface area contributed by atoms with Crippen LogP contribution in [0.1, 0.15) is 24.6 Å². The van der Waals surface area contributed by atoms with Gasteiger partial charge in [0.25, 0.3) is 0 Å². The van der Waals surface area contributed by atoms with Gasteiger partial charge in [-0.2, -0.15) is 0 Å². The summed E-state index contributed by atoms with van der Waals surface area (Å²) in [6, 6.07) is 0.717. The third-order valence-corrected chi connectivity index (χ3v) is 6.11. The molecule has 4 aliphatic rings. The molecule has 3 heterocycles. The fraction of sp³-hybridized carbons (Fsp3) is 0.800. The van der Waals surface area contributed by atoms with Crippen LogP contribution >= 0.6 is 22.6 Å². The Labute approximate surface area is 133 Å². The lowest BCUT2D eigenvalue weighted by Crippen LogP contribution is -2.48. The van der Waals surface area contributed by atoms with Gasteiger partial charge in [-0.25, -0.2) is 4.98 Å². The Morgan fingerprint density at radius 1 is 1.25 bits per heavy atom. The van der Waals surface area contributed by atoms with Gasteiger partial charge >= 0.3 is 0 Å². The highest BCUT2D eigenvalue weighted by Crippen LogP contribution is 2.58. The molecule has 4 nitrogen and oxygen atoms in total. The van der Waals surface area contributed by atoms with E-state index >= 15 is 0 Å². The number of likely N-dealkylation sites (tertiary alicyclic amines) is 1. The Hall–Kier alpha value is -0.140. The van der Waals surface area contributed by atoms with Crippen molar-refractivity contribution >= 4 is 22.6 Å². The molecule has 1 aromatic heterocycles. The van der Waals surface area contributed by atoms with Crippen molar-refractivity contribution in [2.45, 2.75) is 31.3 Å². The summed E-state index contributed by atoms with van der Waals surface area (Å²) in [4.78, 5) is 7.49. The van der Waals surface area contributed by atoms with E-state index in [1.165, 1.54) is 42.0 Å². The van der Waals surface area contributed by atoms with Crippen LogP contribution in [0.5, 0.6) is 0 Å². The van der Waals surface area contributed by atoms with Crippen molar-refractivity contribution in [3.63, 3.8) is 0 Å². The van der Waals surface area contributed by atoms with E-state index in [-0.39, 0.29) is 0 Å². The summed E-state index contributed by atoms with van der Waals surface area (Å²) >= 11 is 2.37. The average molecular weight is 385 g/mol. The smallest absolute Gasteiger partial charge is 0.119 e. The second kappa shape index (κ2) is 4.43. The minimum Gasteiger partial charge on any atom is -0.378 e. The Balaban J connectivity index is 1.31. The molecule has 20 heavy (non-hydrogen) atoms. The van der Waals surface area contributed by atoms with E-state index in [0.29, 0.717) is 0 Å². The lowest BCUT2D eigenvalue weighted by molar-refractivity contribution is -0.0610. The first-order chi connectivity index (χ1) is 9.79. The maximum absolute atomic E-state index is 5.32. The van der Waals surface area contributed by atoms with Gasteiger partial charge in [-0.15, -0.1) is 0 Å². The van der Waals surface area contributed by atoms with E-state index in [1.807, 2.05) is 0 Å². The molecule has 2 aliphatic carbocycles. The van der Waals surface area contributed by atoms with Crippen LogP contribution in [0.15, 0.2) is 6.20 Å². The van der Waals surface area contributed by atoms with Gasteiger partial charge in [0, 0.05) is 31.7 Å². The van der Waals surface area contributed by atoms with Crippen LogP contribution in [0.4, 0.5) is 0 Å². The fourth-order valence-corrected chi connectivity index (χ4v) is 4.65. The Morgan fingerprint density at radius 2 is 2.00 bits per heavy atom. The zero-order chi connectivity index (χ0) is 13.3. The predicted molar refractivity (Wildman–Crippen MR) is 83.6 cm³/mol.